The highest BCUT2D eigenvalue weighted by molar-refractivity contribution is 4.89. The predicted molar refractivity (Wildman–Crippen MR) is 60.2 cm³/mol. The first-order valence-corrected chi connectivity index (χ1v) is 6.31. The maximum Gasteiger partial charge on any atom is 0.0247 e. The monoisotopic (exact) mass is 196 g/mol. The zero-order valence-corrected chi connectivity index (χ0v) is 9.41. The molecule has 0 bridgehead atoms. The molecule has 0 aromatic carbocycles. The van der Waals surface area contributed by atoms with Crippen molar-refractivity contribution in [2.75, 3.05) is 13.1 Å². The lowest BCUT2D eigenvalue weighted by atomic mass is 9.84. The molecule has 0 heterocycles. The molecule has 0 radical (unpaired) electrons. The normalized spacial score (nSPS) is 33.6. The highest BCUT2D eigenvalue weighted by Gasteiger charge is 2.31. The van der Waals surface area contributed by atoms with Crippen LogP contribution < -0.4 is 5.73 Å². The molecule has 0 amide bonds. The van der Waals surface area contributed by atoms with Gasteiger partial charge in [0.25, 0.3) is 0 Å². The van der Waals surface area contributed by atoms with Crippen molar-refractivity contribution in [3.05, 3.63) is 0 Å². The largest absolute Gasteiger partial charge is 0.326 e. The van der Waals surface area contributed by atoms with Gasteiger partial charge in [0, 0.05) is 18.6 Å². The van der Waals surface area contributed by atoms with E-state index in [4.69, 9.17) is 5.73 Å². The van der Waals surface area contributed by atoms with Crippen LogP contribution in [0.1, 0.15) is 45.4 Å². The van der Waals surface area contributed by atoms with Gasteiger partial charge in [-0.15, -0.1) is 0 Å². The second kappa shape index (κ2) is 4.63. The lowest BCUT2D eigenvalue weighted by molar-refractivity contribution is 0.132. The van der Waals surface area contributed by atoms with E-state index in [2.05, 4.69) is 11.8 Å². The van der Waals surface area contributed by atoms with Crippen LogP contribution in [0, 0.1) is 5.92 Å². The quantitative estimate of drug-likeness (QED) is 0.745. The maximum atomic E-state index is 6.15. The Labute approximate surface area is 87.8 Å². The Kier molecular flexibility index (Phi) is 3.45. The average Bonchev–Trinajstić information content (AvgIpc) is 2.51. The Bertz CT molecular complexity index is 177. The first-order valence-electron chi connectivity index (χ1n) is 6.31. The van der Waals surface area contributed by atoms with Crippen LogP contribution in [0.15, 0.2) is 0 Å². The molecule has 0 aliphatic heterocycles. The van der Waals surface area contributed by atoms with E-state index in [9.17, 15) is 0 Å². The molecule has 14 heavy (non-hydrogen) atoms. The molecular formula is C12H24N2. The molecule has 0 aromatic rings. The standard InChI is InChI=1S/C12H24N2/c1-2-14(9-10-5-3-6-10)12-8-4-7-11(12)13/h10-12H,2-9,13H2,1H3. The summed E-state index contributed by atoms with van der Waals surface area (Å²) in [7, 11) is 0. The van der Waals surface area contributed by atoms with Crippen LogP contribution in [0.4, 0.5) is 0 Å². The molecule has 0 spiro atoms. The van der Waals surface area contributed by atoms with E-state index in [1.54, 1.807) is 0 Å². The molecule has 0 saturated heterocycles. The number of hydrogen-bond donors (Lipinski definition) is 1. The molecule has 2 heteroatoms. The molecule has 2 atom stereocenters. The third-order valence-electron chi connectivity index (χ3n) is 4.12. The number of hydrogen-bond acceptors (Lipinski definition) is 2. The smallest absolute Gasteiger partial charge is 0.0247 e. The summed E-state index contributed by atoms with van der Waals surface area (Å²) in [6, 6.07) is 1.15. The summed E-state index contributed by atoms with van der Waals surface area (Å²) in [6.45, 7) is 4.79. The average molecular weight is 196 g/mol. The van der Waals surface area contributed by atoms with E-state index in [-0.39, 0.29) is 0 Å². The summed E-state index contributed by atoms with van der Waals surface area (Å²) in [4.78, 5) is 2.64. The van der Waals surface area contributed by atoms with Crippen LogP contribution in [0.25, 0.3) is 0 Å². The first kappa shape index (κ1) is 10.4. The van der Waals surface area contributed by atoms with E-state index < -0.39 is 0 Å². The van der Waals surface area contributed by atoms with Gasteiger partial charge >= 0.3 is 0 Å². The SMILES string of the molecule is CCN(CC1CCC1)C1CCCC1N. The van der Waals surface area contributed by atoms with Crippen LogP contribution in [0.3, 0.4) is 0 Å². The summed E-state index contributed by atoms with van der Waals surface area (Å²) in [5, 5.41) is 0. The third kappa shape index (κ3) is 2.12. The summed E-state index contributed by atoms with van der Waals surface area (Å²) in [6.07, 6.45) is 8.29. The zero-order chi connectivity index (χ0) is 9.97. The van der Waals surface area contributed by atoms with Gasteiger partial charge in [0.1, 0.15) is 0 Å². The summed E-state index contributed by atoms with van der Waals surface area (Å²) >= 11 is 0. The van der Waals surface area contributed by atoms with Crippen molar-refractivity contribution in [1.29, 1.82) is 0 Å². The predicted octanol–water partition coefficient (Wildman–Crippen LogP) is 1.99. The Morgan fingerprint density at radius 2 is 1.86 bits per heavy atom. The van der Waals surface area contributed by atoms with Gasteiger partial charge < -0.3 is 5.73 Å². The first-order chi connectivity index (χ1) is 6.81. The summed E-state index contributed by atoms with van der Waals surface area (Å²) < 4.78 is 0. The fourth-order valence-corrected chi connectivity index (χ4v) is 2.93. The topological polar surface area (TPSA) is 29.3 Å². The van der Waals surface area contributed by atoms with E-state index in [0.29, 0.717) is 12.1 Å². The van der Waals surface area contributed by atoms with Gasteiger partial charge in [0.15, 0.2) is 0 Å². The van der Waals surface area contributed by atoms with E-state index in [1.165, 1.54) is 51.6 Å². The van der Waals surface area contributed by atoms with E-state index in [1.807, 2.05) is 0 Å². The second-order valence-corrected chi connectivity index (χ2v) is 5.05. The molecular weight excluding hydrogens is 172 g/mol. The number of nitrogens with zero attached hydrogens (tertiary/aromatic N) is 1. The molecule has 2 fully saturated rings. The van der Waals surface area contributed by atoms with Gasteiger partial charge in [-0.1, -0.05) is 19.8 Å². The van der Waals surface area contributed by atoms with Gasteiger partial charge in [-0.2, -0.15) is 0 Å². The molecule has 2 N–H and O–H groups in total. The van der Waals surface area contributed by atoms with Gasteiger partial charge in [-0.05, 0) is 38.1 Å². The van der Waals surface area contributed by atoms with Crippen molar-refractivity contribution in [3.8, 4) is 0 Å². The summed E-state index contributed by atoms with van der Waals surface area (Å²) in [5.74, 6) is 0.989. The molecule has 2 rings (SSSR count). The molecule has 2 aliphatic carbocycles. The van der Waals surface area contributed by atoms with Gasteiger partial charge in [-0.25, -0.2) is 0 Å². The zero-order valence-electron chi connectivity index (χ0n) is 9.41. The van der Waals surface area contributed by atoms with Gasteiger partial charge in [0.05, 0.1) is 0 Å². The van der Waals surface area contributed by atoms with Crippen molar-refractivity contribution in [2.24, 2.45) is 11.7 Å². The second-order valence-electron chi connectivity index (χ2n) is 5.05. The lowest BCUT2D eigenvalue weighted by Gasteiger charge is -2.36. The molecule has 2 unspecified atom stereocenters. The van der Waals surface area contributed by atoms with Crippen LogP contribution in [-0.2, 0) is 0 Å². The van der Waals surface area contributed by atoms with Crippen LogP contribution in [0.5, 0.6) is 0 Å². The number of rotatable bonds is 4. The van der Waals surface area contributed by atoms with Crippen LogP contribution >= 0.6 is 0 Å². The van der Waals surface area contributed by atoms with Crippen molar-refractivity contribution < 1.29 is 0 Å². The maximum absolute atomic E-state index is 6.15. The van der Waals surface area contributed by atoms with Crippen molar-refractivity contribution >= 4 is 0 Å². The van der Waals surface area contributed by atoms with E-state index in [0.717, 1.165) is 5.92 Å². The minimum Gasteiger partial charge on any atom is -0.326 e. The van der Waals surface area contributed by atoms with Gasteiger partial charge in [-0.3, -0.25) is 4.90 Å². The van der Waals surface area contributed by atoms with Crippen molar-refractivity contribution in [1.82, 2.24) is 4.90 Å². The van der Waals surface area contributed by atoms with Crippen LogP contribution in [0.2, 0.25) is 0 Å². The van der Waals surface area contributed by atoms with Crippen LogP contribution in [-0.4, -0.2) is 30.1 Å². The van der Waals surface area contributed by atoms with E-state index >= 15 is 0 Å². The highest BCUT2D eigenvalue weighted by Crippen LogP contribution is 2.30. The Balaban J connectivity index is 1.84. The molecule has 0 aromatic heterocycles. The highest BCUT2D eigenvalue weighted by atomic mass is 15.2. The Morgan fingerprint density at radius 1 is 1.14 bits per heavy atom. The minimum absolute atomic E-state index is 0.454. The molecule has 2 saturated carbocycles. The molecule has 82 valence electrons. The third-order valence-corrected chi connectivity index (χ3v) is 4.12. The lowest BCUT2D eigenvalue weighted by Crippen LogP contribution is -2.47. The van der Waals surface area contributed by atoms with Crippen molar-refractivity contribution in [3.63, 3.8) is 0 Å². The number of likely N-dealkylation sites (N-methyl/N-ethyl adjacent to an activating group) is 1. The fourth-order valence-electron chi connectivity index (χ4n) is 2.93. The number of nitrogens with two attached hydrogens (primary N) is 1. The summed E-state index contributed by atoms with van der Waals surface area (Å²) in [5.41, 5.74) is 6.15. The Hall–Kier alpha value is -0.0800. The van der Waals surface area contributed by atoms with Gasteiger partial charge in [0.2, 0.25) is 0 Å². The molecule has 2 nitrogen and oxygen atoms in total. The Morgan fingerprint density at radius 3 is 2.29 bits per heavy atom. The molecule has 2 aliphatic rings. The minimum atomic E-state index is 0.454. The van der Waals surface area contributed by atoms with Crippen molar-refractivity contribution in [2.45, 2.75) is 57.5 Å². The fraction of sp³-hybridized carbons (Fsp3) is 1.00.